The van der Waals surface area contributed by atoms with Crippen LogP contribution >= 0.6 is 11.3 Å². The zero-order valence-corrected chi connectivity index (χ0v) is 7.68. The van der Waals surface area contributed by atoms with E-state index in [1.165, 1.54) is 19.3 Å². The molecule has 0 amide bonds. The summed E-state index contributed by atoms with van der Waals surface area (Å²) >= 11 is 1.54. The van der Waals surface area contributed by atoms with Crippen LogP contribution in [0.3, 0.4) is 0 Å². The van der Waals surface area contributed by atoms with Gasteiger partial charge in [0.05, 0.1) is 0 Å². The molecule has 1 aliphatic heterocycles. The molecule has 1 N–H and O–H groups in total. The lowest BCUT2D eigenvalue weighted by Gasteiger charge is -2.26. The van der Waals surface area contributed by atoms with Gasteiger partial charge in [0.2, 0.25) is 5.13 Å². The molecule has 1 aromatic heterocycles. The molecule has 0 aliphatic carbocycles. The third-order valence-corrected chi connectivity index (χ3v) is 2.57. The van der Waals surface area contributed by atoms with E-state index < -0.39 is 0 Å². The number of aromatic nitrogens is 2. The molecule has 0 bridgehead atoms. The van der Waals surface area contributed by atoms with Gasteiger partial charge in [0.15, 0.2) is 0 Å². The number of hydrogen-bond donors (Lipinski definition) is 1. The Bertz CT molecular complexity index is 217. The summed E-state index contributed by atoms with van der Waals surface area (Å²) in [7, 11) is 0. The largest absolute Gasteiger partial charge is 0.293 e. The minimum atomic E-state index is 0.900. The topological polar surface area (TPSA) is 41.1 Å². The van der Waals surface area contributed by atoms with Crippen LogP contribution in [-0.2, 0) is 0 Å². The maximum Gasteiger partial charge on any atom is 0.219 e. The number of nitrogens with one attached hydrogen (secondary N) is 1. The zero-order valence-electron chi connectivity index (χ0n) is 6.86. The molecule has 1 saturated heterocycles. The van der Waals surface area contributed by atoms with Gasteiger partial charge in [0.25, 0.3) is 0 Å². The highest BCUT2D eigenvalue weighted by Gasteiger charge is 2.10. The molecule has 0 unspecified atom stereocenters. The summed E-state index contributed by atoms with van der Waals surface area (Å²) in [6, 6.07) is 0. The number of rotatable bonds is 2. The van der Waals surface area contributed by atoms with Gasteiger partial charge in [-0.3, -0.25) is 5.43 Å². The van der Waals surface area contributed by atoms with Crippen molar-refractivity contribution in [1.82, 2.24) is 15.2 Å². The van der Waals surface area contributed by atoms with Crippen molar-refractivity contribution in [2.75, 3.05) is 18.5 Å². The fourth-order valence-corrected chi connectivity index (χ4v) is 1.83. The molecule has 1 aromatic rings. The van der Waals surface area contributed by atoms with Crippen LogP contribution < -0.4 is 5.43 Å². The fourth-order valence-electron chi connectivity index (χ4n) is 1.36. The number of hydrogen-bond acceptors (Lipinski definition) is 5. The van der Waals surface area contributed by atoms with Crippen molar-refractivity contribution >= 4 is 16.5 Å². The van der Waals surface area contributed by atoms with Gasteiger partial charge < -0.3 is 0 Å². The van der Waals surface area contributed by atoms with Crippen molar-refractivity contribution in [3.05, 3.63) is 5.51 Å². The first-order chi connectivity index (χ1) is 5.95. The van der Waals surface area contributed by atoms with Crippen LogP contribution in [0.2, 0.25) is 0 Å². The molecule has 0 radical (unpaired) electrons. The van der Waals surface area contributed by atoms with Gasteiger partial charge in [-0.1, -0.05) is 17.8 Å². The number of hydrazine groups is 1. The van der Waals surface area contributed by atoms with E-state index in [9.17, 15) is 0 Å². The molecule has 12 heavy (non-hydrogen) atoms. The van der Waals surface area contributed by atoms with E-state index in [0.717, 1.165) is 18.2 Å². The summed E-state index contributed by atoms with van der Waals surface area (Å²) in [6.07, 6.45) is 3.92. The maximum absolute atomic E-state index is 3.93. The molecule has 5 heteroatoms. The monoisotopic (exact) mass is 184 g/mol. The lowest BCUT2D eigenvalue weighted by molar-refractivity contribution is 0.273. The van der Waals surface area contributed by atoms with Gasteiger partial charge in [-0.25, -0.2) is 5.01 Å². The Kier molecular flexibility index (Phi) is 2.53. The minimum Gasteiger partial charge on any atom is -0.293 e. The molecule has 4 nitrogen and oxygen atoms in total. The summed E-state index contributed by atoms with van der Waals surface area (Å²) in [4.78, 5) is 0. The highest BCUT2D eigenvalue weighted by Crippen LogP contribution is 2.13. The Morgan fingerprint density at radius 1 is 1.33 bits per heavy atom. The van der Waals surface area contributed by atoms with Crippen molar-refractivity contribution < 1.29 is 0 Å². The van der Waals surface area contributed by atoms with Gasteiger partial charge in [-0.2, -0.15) is 0 Å². The minimum absolute atomic E-state index is 0.900. The number of nitrogens with zero attached hydrogens (tertiary/aromatic N) is 3. The van der Waals surface area contributed by atoms with Crippen LogP contribution in [0.15, 0.2) is 5.51 Å². The molecule has 0 atom stereocenters. The third kappa shape index (κ3) is 1.92. The lowest BCUT2D eigenvalue weighted by atomic mass is 10.2. The van der Waals surface area contributed by atoms with Crippen molar-refractivity contribution in [3.63, 3.8) is 0 Å². The summed E-state index contributed by atoms with van der Waals surface area (Å²) in [6.45, 7) is 2.25. The van der Waals surface area contributed by atoms with Crippen molar-refractivity contribution in [1.29, 1.82) is 0 Å². The van der Waals surface area contributed by atoms with Crippen LogP contribution in [0.25, 0.3) is 0 Å². The van der Waals surface area contributed by atoms with Crippen molar-refractivity contribution in [3.8, 4) is 0 Å². The van der Waals surface area contributed by atoms with E-state index in [-0.39, 0.29) is 0 Å². The first-order valence-electron chi connectivity index (χ1n) is 4.23. The van der Waals surface area contributed by atoms with E-state index in [4.69, 9.17) is 0 Å². The second-order valence-electron chi connectivity index (χ2n) is 2.90. The molecule has 0 spiro atoms. The van der Waals surface area contributed by atoms with Crippen LogP contribution in [0, 0.1) is 0 Å². The van der Waals surface area contributed by atoms with Gasteiger partial charge >= 0.3 is 0 Å². The van der Waals surface area contributed by atoms with E-state index in [1.807, 2.05) is 0 Å². The van der Waals surface area contributed by atoms with Crippen LogP contribution in [0.4, 0.5) is 5.13 Å². The molecular formula is C7H12N4S. The van der Waals surface area contributed by atoms with Crippen molar-refractivity contribution in [2.45, 2.75) is 19.3 Å². The SMILES string of the molecule is c1nnc(NN2CCCCC2)s1. The molecule has 0 saturated carbocycles. The lowest BCUT2D eigenvalue weighted by Crippen LogP contribution is -2.34. The van der Waals surface area contributed by atoms with Crippen LogP contribution in [0.5, 0.6) is 0 Å². The Hall–Kier alpha value is -0.680. The Balaban J connectivity index is 1.86. The molecule has 66 valence electrons. The summed E-state index contributed by atoms with van der Waals surface area (Å²) < 4.78 is 0. The summed E-state index contributed by atoms with van der Waals surface area (Å²) in [5, 5.41) is 10.8. The summed E-state index contributed by atoms with van der Waals surface area (Å²) in [5.41, 5.74) is 4.98. The predicted octanol–water partition coefficient (Wildman–Crippen LogP) is 1.35. The van der Waals surface area contributed by atoms with Gasteiger partial charge in [-0.15, -0.1) is 10.2 Å². The molecule has 0 aromatic carbocycles. The first kappa shape index (κ1) is 7.94. The molecule has 1 fully saturated rings. The average Bonchev–Trinajstić information content (AvgIpc) is 2.59. The second-order valence-corrected chi connectivity index (χ2v) is 3.74. The number of piperidine rings is 1. The molecule has 2 heterocycles. The van der Waals surface area contributed by atoms with Crippen LogP contribution in [0.1, 0.15) is 19.3 Å². The molecular weight excluding hydrogens is 172 g/mol. The van der Waals surface area contributed by atoms with E-state index in [2.05, 4.69) is 20.6 Å². The average molecular weight is 184 g/mol. The van der Waals surface area contributed by atoms with Crippen LogP contribution in [-0.4, -0.2) is 28.3 Å². The highest BCUT2D eigenvalue weighted by molar-refractivity contribution is 7.13. The van der Waals surface area contributed by atoms with Gasteiger partial charge in [-0.05, 0) is 12.8 Å². The van der Waals surface area contributed by atoms with E-state index in [1.54, 1.807) is 16.8 Å². The molecule has 2 rings (SSSR count). The maximum atomic E-state index is 3.93. The standard InChI is InChI=1S/C7H12N4S/c1-2-4-11(5-3-1)10-7-9-8-6-12-7/h6H,1-5H2,(H,9,10). The highest BCUT2D eigenvalue weighted by atomic mass is 32.1. The molecule has 1 aliphatic rings. The van der Waals surface area contributed by atoms with Crippen molar-refractivity contribution in [2.24, 2.45) is 0 Å². The van der Waals surface area contributed by atoms with Gasteiger partial charge in [0, 0.05) is 13.1 Å². The normalized spacial score (nSPS) is 19.3. The zero-order chi connectivity index (χ0) is 8.23. The third-order valence-electron chi connectivity index (χ3n) is 1.97. The Morgan fingerprint density at radius 3 is 2.83 bits per heavy atom. The quantitative estimate of drug-likeness (QED) is 0.753. The van der Waals surface area contributed by atoms with E-state index in [0.29, 0.717) is 0 Å². The fraction of sp³-hybridized carbons (Fsp3) is 0.714. The predicted molar refractivity (Wildman–Crippen MR) is 49.0 cm³/mol. The Labute approximate surface area is 75.6 Å². The Morgan fingerprint density at radius 2 is 2.17 bits per heavy atom. The smallest absolute Gasteiger partial charge is 0.219 e. The first-order valence-corrected chi connectivity index (χ1v) is 5.11. The van der Waals surface area contributed by atoms with E-state index >= 15 is 0 Å². The van der Waals surface area contributed by atoms with Gasteiger partial charge in [0.1, 0.15) is 5.51 Å². The summed E-state index contributed by atoms with van der Waals surface area (Å²) in [5.74, 6) is 0. The second kappa shape index (κ2) is 3.82. The number of anilines is 1.